The van der Waals surface area contributed by atoms with Crippen molar-refractivity contribution in [1.82, 2.24) is 9.88 Å². The Hall–Kier alpha value is -3.73. The van der Waals surface area contributed by atoms with Crippen LogP contribution >= 0.6 is 0 Å². The number of rotatable bonds is 7. The number of aryl methyl sites for hydroxylation is 2. The van der Waals surface area contributed by atoms with Crippen molar-refractivity contribution in [3.05, 3.63) is 107 Å². The van der Waals surface area contributed by atoms with Gasteiger partial charge in [0.25, 0.3) is 5.91 Å². The van der Waals surface area contributed by atoms with Gasteiger partial charge in [-0.05, 0) is 86.0 Å². The molecule has 0 saturated heterocycles. The zero-order chi connectivity index (χ0) is 21.8. The maximum absolute atomic E-state index is 12.7. The molecule has 158 valence electrons. The number of nitrogens with zero attached hydrogens (tertiary/aromatic N) is 1. The van der Waals surface area contributed by atoms with Crippen LogP contribution in [0.15, 0.2) is 83.5 Å². The van der Waals surface area contributed by atoms with Gasteiger partial charge >= 0.3 is 0 Å². The molecule has 1 amide bonds. The van der Waals surface area contributed by atoms with Gasteiger partial charge in [-0.2, -0.15) is 0 Å². The minimum absolute atomic E-state index is 0.164. The number of ether oxygens (including phenoxy) is 1. The highest BCUT2D eigenvalue weighted by Gasteiger charge is 2.16. The highest BCUT2D eigenvalue weighted by atomic mass is 16.5. The van der Waals surface area contributed by atoms with Crippen LogP contribution in [0.1, 0.15) is 46.0 Å². The highest BCUT2D eigenvalue weighted by molar-refractivity contribution is 5.91. The average Bonchev–Trinajstić information content (AvgIpc) is 3.44. The lowest BCUT2D eigenvalue weighted by molar-refractivity contribution is 0.0907. The summed E-state index contributed by atoms with van der Waals surface area (Å²) in [5.74, 6) is 1.41. The predicted octanol–water partition coefficient (Wildman–Crippen LogP) is 5.76. The van der Waals surface area contributed by atoms with Crippen molar-refractivity contribution in [2.45, 2.75) is 33.4 Å². The van der Waals surface area contributed by atoms with E-state index in [0.717, 1.165) is 28.1 Å². The van der Waals surface area contributed by atoms with Gasteiger partial charge in [-0.3, -0.25) is 4.79 Å². The molecule has 31 heavy (non-hydrogen) atoms. The molecule has 0 radical (unpaired) electrons. The summed E-state index contributed by atoms with van der Waals surface area (Å²) in [7, 11) is 0. The van der Waals surface area contributed by atoms with Crippen LogP contribution in [0.4, 0.5) is 0 Å². The summed E-state index contributed by atoms with van der Waals surface area (Å²) < 4.78 is 13.6. The summed E-state index contributed by atoms with van der Waals surface area (Å²) in [6.45, 7) is 6.29. The van der Waals surface area contributed by atoms with E-state index in [1.54, 1.807) is 12.1 Å². The first-order valence-electron chi connectivity index (χ1n) is 10.3. The molecule has 0 fully saturated rings. The summed E-state index contributed by atoms with van der Waals surface area (Å²) in [6, 6.07) is 21.4. The molecule has 2 aromatic heterocycles. The standard InChI is InChI=1S/C26H26N2O3/c1-18-13-19(2)15-24(14-18)30-17-23-9-10-25(31-23)26(29)27-20(3)21-7-6-8-22(16-21)28-11-4-5-12-28/h4-16,20H,17H2,1-3H3,(H,27,29). The number of amides is 1. The lowest BCUT2D eigenvalue weighted by atomic mass is 10.1. The van der Waals surface area contributed by atoms with Crippen molar-refractivity contribution in [3.8, 4) is 11.4 Å². The van der Waals surface area contributed by atoms with E-state index in [-0.39, 0.29) is 24.3 Å². The molecular weight excluding hydrogens is 388 g/mol. The quantitative estimate of drug-likeness (QED) is 0.418. The lowest BCUT2D eigenvalue weighted by Crippen LogP contribution is -2.26. The molecule has 0 aliphatic heterocycles. The van der Waals surface area contributed by atoms with Gasteiger partial charge in [0.2, 0.25) is 0 Å². The van der Waals surface area contributed by atoms with Crippen molar-refractivity contribution in [1.29, 1.82) is 0 Å². The number of carbonyl (C=O) groups is 1. The molecule has 2 aromatic carbocycles. The molecule has 1 atom stereocenters. The first kappa shape index (κ1) is 20.5. The monoisotopic (exact) mass is 414 g/mol. The van der Waals surface area contributed by atoms with Crippen LogP contribution in [0.3, 0.4) is 0 Å². The molecule has 5 heteroatoms. The van der Waals surface area contributed by atoms with Crippen LogP contribution in [-0.2, 0) is 6.61 Å². The predicted molar refractivity (Wildman–Crippen MR) is 121 cm³/mol. The Morgan fingerprint density at radius 1 is 1.00 bits per heavy atom. The van der Waals surface area contributed by atoms with E-state index < -0.39 is 0 Å². The van der Waals surface area contributed by atoms with Gasteiger partial charge in [0.1, 0.15) is 18.1 Å². The number of hydrogen-bond donors (Lipinski definition) is 1. The molecule has 1 unspecified atom stereocenters. The van der Waals surface area contributed by atoms with Crippen LogP contribution in [0.5, 0.6) is 5.75 Å². The lowest BCUT2D eigenvalue weighted by Gasteiger charge is -2.15. The molecule has 0 aliphatic rings. The maximum atomic E-state index is 12.7. The molecular formula is C26H26N2O3. The zero-order valence-corrected chi connectivity index (χ0v) is 18.0. The first-order chi connectivity index (χ1) is 15.0. The molecule has 0 spiro atoms. The van der Waals surface area contributed by atoms with Crippen molar-refractivity contribution in [2.75, 3.05) is 0 Å². The summed E-state index contributed by atoms with van der Waals surface area (Å²) in [5.41, 5.74) is 4.35. The Kier molecular flexibility index (Phi) is 5.94. The largest absolute Gasteiger partial charge is 0.486 e. The molecule has 2 heterocycles. The molecule has 4 aromatic rings. The summed E-state index contributed by atoms with van der Waals surface area (Å²) in [4.78, 5) is 12.7. The Labute approximate surface area is 182 Å². The maximum Gasteiger partial charge on any atom is 0.287 e. The molecule has 0 aliphatic carbocycles. The van der Waals surface area contributed by atoms with Crippen LogP contribution in [0.2, 0.25) is 0 Å². The van der Waals surface area contributed by atoms with E-state index in [4.69, 9.17) is 9.15 Å². The van der Waals surface area contributed by atoms with E-state index in [0.29, 0.717) is 5.76 Å². The van der Waals surface area contributed by atoms with Gasteiger partial charge < -0.3 is 19.0 Å². The summed E-state index contributed by atoms with van der Waals surface area (Å²) in [5, 5.41) is 3.00. The Morgan fingerprint density at radius 3 is 2.48 bits per heavy atom. The van der Waals surface area contributed by atoms with E-state index >= 15 is 0 Å². The second kappa shape index (κ2) is 8.96. The molecule has 0 bridgehead atoms. The number of benzene rings is 2. The highest BCUT2D eigenvalue weighted by Crippen LogP contribution is 2.20. The van der Waals surface area contributed by atoms with E-state index in [1.165, 1.54) is 0 Å². The minimum Gasteiger partial charge on any atom is -0.486 e. The van der Waals surface area contributed by atoms with Gasteiger partial charge in [-0.25, -0.2) is 0 Å². The molecule has 5 nitrogen and oxygen atoms in total. The number of hydrogen-bond acceptors (Lipinski definition) is 3. The second-order valence-electron chi connectivity index (χ2n) is 7.76. The third-order valence-corrected chi connectivity index (χ3v) is 5.08. The van der Waals surface area contributed by atoms with Crippen LogP contribution in [0.25, 0.3) is 5.69 Å². The number of furan rings is 1. The minimum atomic E-state index is -0.253. The second-order valence-corrected chi connectivity index (χ2v) is 7.76. The number of carbonyl (C=O) groups excluding carboxylic acids is 1. The Bertz CT molecular complexity index is 1150. The third-order valence-electron chi connectivity index (χ3n) is 5.08. The Balaban J connectivity index is 1.38. The van der Waals surface area contributed by atoms with Crippen molar-refractivity contribution >= 4 is 5.91 Å². The zero-order valence-electron chi connectivity index (χ0n) is 18.0. The third kappa shape index (κ3) is 5.07. The van der Waals surface area contributed by atoms with Gasteiger partial charge in [-0.1, -0.05) is 18.2 Å². The number of nitrogens with one attached hydrogen (secondary N) is 1. The van der Waals surface area contributed by atoms with Crippen LogP contribution < -0.4 is 10.1 Å². The normalized spacial score (nSPS) is 11.8. The topological polar surface area (TPSA) is 56.4 Å². The summed E-state index contributed by atoms with van der Waals surface area (Å²) in [6.07, 6.45) is 3.99. The molecule has 0 saturated carbocycles. The van der Waals surface area contributed by atoms with Gasteiger partial charge in [0, 0.05) is 18.1 Å². The fourth-order valence-electron chi connectivity index (χ4n) is 3.56. The fraction of sp³-hybridized carbons (Fsp3) is 0.192. The SMILES string of the molecule is Cc1cc(C)cc(OCc2ccc(C(=O)NC(C)c3cccc(-n4cccc4)c3)o2)c1. The molecule has 4 rings (SSSR count). The average molecular weight is 415 g/mol. The van der Waals surface area contributed by atoms with E-state index in [9.17, 15) is 4.79 Å². The first-order valence-corrected chi connectivity index (χ1v) is 10.3. The van der Waals surface area contributed by atoms with Crippen LogP contribution in [0, 0.1) is 13.8 Å². The number of aromatic nitrogens is 1. The van der Waals surface area contributed by atoms with Crippen molar-refractivity contribution in [2.24, 2.45) is 0 Å². The smallest absolute Gasteiger partial charge is 0.287 e. The van der Waals surface area contributed by atoms with Gasteiger partial charge in [0.15, 0.2) is 5.76 Å². The fourth-order valence-corrected chi connectivity index (χ4v) is 3.56. The Morgan fingerprint density at radius 2 is 1.74 bits per heavy atom. The van der Waals surface area contributed by atoms with Crippen LogP contribution in [-0.4, -0.2) is 10.5 Å². The summed E-state index contributed by atoms with van der Waals surface area (Å²) >= 11 is 0. The molecule has 1 N–H and O–H groups in total. The van der Waals surface area contributed by atoms with E-state index in [1.807, 2.05) is 80.2 Å². The van der Waals surface area contributed by atoms with E-state index in [2.05, 4.69) is 17.4 Å². The van der Waals surface area contributed by atoms with Crippen molar-refractivity contribution < 1.29 is 13.9 Å². The van der Waals surface area contributed by atoms with Crippen molar-refractivity contribution in [3.63, 3.8) is 0 Å². The van der Waals surface area contributed by atoms with Gasteiger partial charge in [-0.15, -0.1) is 0 Å². The van der Waals surface area contributed by atoms with Gasteiger partial charge in [0.05, 0.1) is 6.04 Å².